The van der Waals surface area contributed by atoms with E-state index >= 15 is 0 Å². The summed E-state index contributed by atoms with van der Waals surface area (Å²) < 4.78 is 1.38. The normalized spacial score (nSPS) is 16.2. The van der Waals surface area contributed by atoms with Crippen LogP contribution in [0.1, 0.15) is 25.7 Å². The van der Waals surface area contributed by atoms with Gasteiger partial charge in [0.15, 0.2) is 0 Å². The zero-order valence-electron chi connectivity index (χ0n) is 10.8. The topological polar surface area (TPSA) is 0 Å². The van der Waals surface area contributed by atoms with Gasteiger partial charge in [0.2, 0.25) is 0 Å². The van der Waals surface area contributed by atoms with Crippen molar-refractivity contribution in [2.45, 2.75) is 17.0 Å². The van der Waals surface area contributed by atoms with E-state index in [9.17, 15) is 0 Å². The van der Waals surface area contributed by atoms with Gasteiger partial charge in [0, 0.05) is 20.2 Å². The summed E-state index contributed by atoms with van der Waals surface area (Å²) in [5, 5.41) is 3.69. The number of benzene rings is 1. The molecule has 0 amide bonds. The van der Waals surface area contributed by atoms with Crippen LogP contribution in [-0.4, -0.2) is 5.75 Å². The van der Waals surface area contributed by atoms with Crippen LogP contribution in [-0.2, 0) is 12.2 Å². The lowest BCUT2D eigenvalue weighted by atomic mass is 10.1. The lowest BCUT2D eigenvalue weighted by Crippen LogP contribution is -1.96. The summed E-state index contributed by atoms with van der Waals surface area (Å²) in [4.78, 5) is 3.39. The molecule has 2 aromatic heterocycles. The van der Waals surface area contributed by atoms with Gasteiger partial charge in [-0.2, -0.15) is 11.8 Å². The first-order valence-corrected chi connectivity index (χ1v) is 10.4. The molecule has 0 bridgehead atoms. The van der Waals surface area contributed by atoms with E-state index in [2.05, 4.69) is 63.4 Å². The van der Waals surface area contributed by atoms with Crippen LogP contribution in [0.2, 0.25) is 0 Å². The molecule has 1 unspecified atom stereocenters. The Morgan fingerprint density at radius 3 is 3.00 bits per heavy atom. The van der Waals surface area contributed by atoms with Crippen molar-refractivity contribution >= 4 is 60.5 Å². The van der Waals surface area contributed by atoms with Crippen molar-refractivity contribution in [2.24, 2.45) is 0 Å². The van der Waals surface area contributed by atoms with Gasteiger partial charge in [-0.05, 0) is 46.2 Å². The van der Waals surface area contributed by atoms with Gasteiger partial charge < -0.3 is 0 Å². The van der Waals surface area contributed by atoms with Crippen LogP contribution in [0.3, 0.4) is 0 Å². The van der Waals surface area contributed by atoms with Crippen LogP contribution in [0.15, 0.2) is 35.7 Å². The van der Waals surface area contributed by atoms with Gasteiger partial charge >= 0.3 is 0 Å². The third-order valence-corrected chi connectivity index (χ3v) is 8.26. The Bertz CT molecular complexity index is 733. The van der Waals surface area contributed by atoms with E-state index in [1.165, 1.54) is 38.5 Å². The van der Waals surface area contributed by atoms with Crippen LogP contribution < -0.4 is 0 Å². The third kappa shape index (κ3) is 2.27. The molecule has 0 radical (unpaired) electrons. The molecule has 1 aliphatic heterocycles. The molecule has 1 aliphatic rings. The van der Waals surface area contributed by atoms with E-state index < -0.39 is 0 Å². The first kappa shape index (κ1) is 13.4. The summed E-state index contributed by atoms with van der Waals surface area (Å²) in [5.74, 6) is 2.47. The van der Waals surface area contributed by atoms with Gasteiger partial charge in [0.1, 0.15) is 0 Å². The average molecular weight is 381 g/mol. The number of hydrogen-bond acceptors (Lipinski definition) is 3. The molecule has 0 fully saturated rings. The highest BCUT2D eigenvalue weighted by molar-refractivity contribution is 9.09. The molecule has 0 aliphatic carbocycles. The lowest BCUT2D eigenvalue weighted by molar-refractivity contribution is 1.13. The van der Waals surface area contributed by atoms with E-state index in [1.54, 1.807) is 10.4 Å². The van der Waals surface area contributed by atoms with Gasteiger partial charge in [-0.1, -0.05) is 34.1 Å². The molecule has 0 nitrogen and oxygen atoms in total. The van der Waals surface area contributed by atoms with Crippen molar-refractivity contribution in [3.63, 3.8) is 0 Å². The fourth-order valence-electron chi connectivity index (χ4n) is 2.64. The summed E-state index contributed by atoms with van der Waals surface area (Å²) in [6.07, 6.45) is 1.24. The predicted octanol–water partition coefficient (Wildman–Crippen LogP) is 6.24. The number of fused-ring (bicyclic) bond motifs is 2. The Hall–Kier alpha value is -0.290. The number of thioether (sulfide) groups is 1. The molecule has 1 atom stereocenters. The first-order valence-electron chi connectivity index (χ1n) is 6.62. The highest BCUT2D eigenvalue weighted by Crippen LogP contribution is 2.43. The first-order chi connectivity index (χ1) is 9.83. The van der Waals surface area contributed by atoms with Crippen LogP contribution in [0.5, 0.6) is 0 Å². The summed E-state index contributed by atoms with van der Waals surface area (Å²) in [5.41, 5.74) is 2.97. The Morgan fingerprint density at radius 2 is 2.10 bits per heavy atom. The van der Waals surface area contributed by atoms with Gasteiger partial charge in [0.25, 0.3) is 0 Å². The average Bonchev–Trinajstić information content (AvgIpc) is 3.10. The Kier molecular flexibility index (Phi) is 3.67. The largest absolute Gasteiger partial charge is 0.157 e. The van der Waals surface area contributed by atoms with Gasteiger partial charge in [0.05, 0.1) is 4.83 Å². The molecule has 20 heavy (non-hydrogen) atoms. The highest BCUT2D eigenvalue weighted by atomic mass is 79.9. The van der Waals surface area contributed by atoms with Crippen molar-refractivity contribution in [2.75, 3.05) is 5.75 Å². The maximum Gasteiger partial charge on any atom is 0.0752 e. The molecule has 102 valence electrons. The maximum atomic E-state index is 3.93. The van der Waals surface area contributed by atoms with Crippen molar-refractivity contribution in [3.05, 3.63) is 56.6 Å². The van der Waals surface area contributed by atoms with Crippen molar-refractivity contribution in [1.82, 2.24) is 0 Å². The standard InChI is InChI=1S/C16H13BrS3/c17-16(12-9-19-14-4-2-1-3-11(12)14)15-7-10-8-18-6-5-13(10)20-15/h1-4,7,9,16H,5-6,8H2. The summed E-state index contributed by atoms with van der Waals surface area (Å²) >= 11 is 9.82. The van der Waals surface area contributed by atoms with Crippen molar-refractivity contribution < 1.29 is 0 Å². The number of aryl methyl sites for hydroxylation is 1. The molecule has 3 heterocycles. The van der Waals surface area contributed by atoms with E-state index in [0.717, 1.165) is 0 Å². The number of alkyl halides is 1. The number of hydrogen-bond donors (Lipinski definition) is 0. The molecule has 0 saturated heterocycles. The van der Waals surface area contributed by atoms with Crippen LogP contribution >= 0.6 is 50.4 Å². The minimum atomic E-state index is 0.333. The molecule has 4 rings (SSSR count). The summed E-state index contributed by atoms with van der Waals surface area (Å²) in [6.45, 7) is 0. The van der Waals surface area contributed by atoms with Crippen molar-refractivity contribution in [1.29, 1.82) is 0 Å². The predicted molar refractivity (Wildman–Crippen MR) is 96.8 cm³/mol. The summed E-state index contributed by atoms with van der Waals surface area (Å²) in [7, 11) is 0. The Balaban J connectivity index is 1.76. The second-order valence-electron chi connectivity index (χ2n) is 4.95. The second-order valence-corrected chi connectivity index (χ2v) is 9.05. The zero-order chi connectivity index (χ0) is 13.5. The minimum Gasteiger partial charge on any atom is -0.157 e. The zero-order valence-corrected chi connectivity index (χ0v) is 14.8. The van der Waals surface area contributed by atoms with Gasteiger partial charge in [-0.3, -0.25) is 0 Å². The number of thiophene rings is 2. The van der Waals surface area contributed by atoms with Crippen molar-refractivity contribution in [3.8, 4) is 0 Å². The van der Waals surface area contributed by atoms with E-state index in [4.69, 9.17) is 0 Å². The fourth-order valence-corrected chi connectivity index (χ4v) is 6.97. The highest BCUT2D eigenvalue weighted by Gasteiger charge is 2.20. The SMILES string of the molecule is BrC(c1cc2c(s1)CCSC2)c1csc2ccccc12. The Morgan fingerprint density at radius 1 is 1.20 bits per heavy atom. The van der Waals surface area contributed by atoms with E-state index in [0.29, 0.717) is 4.83 Å². The quantitative estimate of drug-likeness (QED) is 0.474. The van der Waals surface area contributed by atoms with Crippen LogP contribution in [0, 0.1) is 0 Å². The number of halogens is 1. The maximum absolute atomic E-state index is 3.93. The van der Waals surface area contributed by atoms with Crippen LogP contribution in [0.4, 0.5) is 0 Å². The molecule has 4 heteroatoms. The Labute approximate surface area is 139 Å². The molecular weight excluding hydrogens is 368 g/mol. The third-order valence-electron chi connectivity index (χ3n) is 3.68. The second kappa shape index (κ2) is 5.48. The van der Waals surface area contributed by atoms with Gasteiger partial charge in [-0.25, -0.2) is 0 Å². The lowest BCUT2D eigenvalue weighted by Gasteiger charge is -2.08. The number of rotatable bonds is 2. The minimum absolute atomic E-state index is 0.333. The molecule has 3 aromatic rings. The molecule has 0 saturated carbocycles. The molecule has 0 spiro atoms. The molecule has 0 N–H and O–H groups in total. The fraction of sp³-hybridized carbons (Fsp3) is 0.250. The summed E-state index contributed by atoms with van der Waals surface area (Å²) in [6, 6.07) is 11.1. The van der Waals surface area contributed by atoms with E-state index in [-0.39, 0.29) is 0 Å². The van der Waals surface area contributed by atoms with Gasteiger partial charge in [-0.15, -0.1) is 22.7 Å². The molecular formula is C16H13BrS3. The monoisotopic (exact) mass is 380 g/mol. The smallest absolute Gasteiger partial charge is 0.0752 e. The molecule has 1 aromatic carbocycles. The van der Waals surface area contributed by atoms with Crippen LogP contribution in [0.25, 0.3) is 10.1 Å². The van der Waals surface area contributed by atoms with E-state index in [1.807, 2.05) is 22.7 Å².